The molecule has 1 heterocycles. The minimum Gasteiger partial charge on any atom is -0.480 e. The Morgan fingerprint density at radius 1 is 1.33 bits per heavy atom. The molecule has 21 heavy (non-hydrogen) atoms. The highest BCUT2D eigenvalue weighted by Gasteiger charge is 2.18. The third-order valence-electron chi connectivity index (χ3n) is 2.99. The highest BCUT2D eigenvalue weighted by Crippen LogP contribution is 2.13. The fraction of sp³-hybridized carbons (Fsp3) is 0.214. The van der Waals surface area contributed by atoms with Crippen LogP contribution in [0.25, 0.3) is 0 Å². The van der Waals surface area contributed by atoms with Crippen molar-refractivity contribution in [3.05, 3.63) is 64.1 Å². The predicted molar refractivity (Wildman–Crippen MR) is 73.8 cm³/mol. The van der Waals surface area contributed by atoms with Crippen LogP contribution >= 0.6 is 0 Å². The minimum absolute atomic E-state index is 0.0193. The Kier molecular flexibility index (Phi) is 4.68. The van der Waals surface area contributed by atoms with Gasteiger partial charge >= 0.3 is 5.97 Å². The number of rotatable bonds is 7. The predicted octanol–water partition coefficient (Wildman–Crippen LogP) is 1.97. The van der Waals surface area contributed by atoms with Crippen LogP contribution in [0.15, 0.2) is 47.1 Å². The van der Waals surface area contributed by atoms with Crippen LogP contribution in [0.2, 0.25) is 0 Å². The molecule has 0 radical (unpaired) electrons. The van der Waals surface area contributed by atoms with Gasteiger partial charge in [0.25, 0.3) is 5.69 Å². The van der Waals surface area contributed by atoms with Crippen LogP contribution in [0.5, 0.6) is 0 Å². The maximum Gasteiger partial charge on any atom is 0.321 e. The van der Waals surface area contributed by atoms with Gasteiger partial charge in [-0.05, 0) is 24.1 Å². The summed E-state index contributed by atoms with van der Waals surface area (Å²) in [6.07, 6.45) is 1.75. The van der Waals surface area contributed by atoms with Gasteiger partial charge in [0.1, 0.15) is 11.8 Å². The molecule has 2 aromatic rings. The van der Waals surface area contributed by atoms with Crippen molar-refractivity contribution in [3.8, 4) is 0 Å². The molecule has 1 aromatic heterocycles. The second kappa shape index (κ2) is 6.67. The number of furan rings is 1. The smallest absolute Gasteiger partial charge is 0.321 e. The maximum absolute atomic E-state index is 11.2. The number of carboxylic acid groups (broad SMARTS) is 1. The molecular weight excluding hydrogens is 276 g/mol. The van der Waals surface area contributed by atoms with E-state index in [1.54, 1.807) is 24.3 Å². The van der Waals surface area contributed by atoms with Crippen molar-refractivity contribution in [2.75, 3.05) is 0 Å². The number of non-ortho nitro benzene ring substituents is 1. The van der Waals surface area contributed by atoms with E-state index in [9.17, 15) is 20.0 Å². The number of nitro groups is 1. The summed E-state index contributed by atoms with van der Waals surface area (Å²) in [6, 6.07) is 8.52. The molecule has 0 saturated heterocycles. The second-order valence-corrected chi connectivity index (χ2v) is 4.48. The van der Waals surface area contributed by atoms with Gasteiger partial charge in [-0.2, -0.15) is 0 Å². The number of hydrogen-bond donors (Lipinski definition) is 2. The number of carbonyl (C=O) groups is 1. The fourth-order valence-corrected chi connectivity index (χ4v) is 1.87. The van der Waals surface area contributed by atoms with Crippen LogP contribution in [-0.4, -0.2) is 22.0 Å². The molecule has 0 aliphatic heterocycles. The standard InChI is InChI=1S/C14H14N2O5/c17-14(18)13(15-9-12-2-1-7-21-12)8-10-3-5-11(6-4-10)16(19)20/h1-7,13,15H,8-9H2,(H,17,18). The normalized spacial score (nSPS) is 12.0. The van der Waals surface area contributed by atoms with E-state index in [1.165, 1.54) is 18.4 Å². The van der Waals surface area contributed by atoms with Gasteiger partial charge in [0.2, 0.25) is 0 Å². The molecule has 7 heteroatoms. The lowest BCUT2D eigenvalue weighted by molar-refractivity contribution is -0.384. The first-order valence-electron chi connectivity index (χ1n) is 6.28. The zero-order valence-corrected chi connectivity index (χ0v) is 11.1. The highest BCUT2D eigenvalue weighted by atomic mass is 16.6. The summed E-state index contributed by atoms with van der Waals surface area (Å²) in [6.45, 7) is 0.303. The Hall–Kier alpha value is -2.67. The number of nitrogens with zero attached hydrogens (tertiary/aromatic N) is 1. The summed E-state index contributed by atoms with van der Waals surface area (Å²) in [5.74, 6) is -0.343. The summed E-state index contributed by atoms with van der Waals surface area (Å²) in [7, 11) is 0. The quantitative estimate of drug-likeness (QED) is 0.596. The molecule has 0 aliphatic carbocycles. The van der Waals surface area contributed by atoms with E-state index >= 15 is 0 Å². The van der Waals surface area contributed by atoms with Crippen molar-refractivity contribution in [1.82, 2.24) is 5.32 Å². The lowest BCUT2D eigenvalue weighted by atomic mass is 10.1. The van der Waals surface area contributed by atoms with Crippen molar-refractivity contribution in [3.63, 3.8) is 0 Å². The monoisotopic (exact) mass is 290 g/mol. The molecule has 1 unspecified atom stereocenters. The molecule has 0 amide bonds. The molecule has 0 saturated carbocycles. The third kappa shape index (κ3) is 4.15. The molecule has 7 nitrogen and oxygen atoms in total. The van der Waals surface area contributed by atoms with Crippen LogP contribution in [0.4, 0.5) is 5.69 Å². The molecule has 0 aliphatic rings. The van der Waals surface area contributed by atoms with Crippen molar-refractivity contribution < 1.29 is 19.2 Å². The Morgan fingerprint density at radius 2 is 2.05 bits per heavy atom. The zero-order valence-electron chi connectivity index (χ0n) is 11.1. The summed E-state index contributed by atoms with van der Waals surface area (Å²) in [4.78, 5) is 21.3. The van der Waals surface area contributed by atoms with Gasteiger partial charge in [0, 0.05) is 12.1 Å². The summed E-state index contributed by atoms with van der Waals surface area (Å²) in [5, 5.41) is 22.7. The van der Waals surface area contributed by atoms with Crippen LogP contribution < -0.4 is 5.32 Å². The van der Waals surface area contributed by atoms with Crippen molar-refractivity contribution in [2.45, 2.75) is 19.0 Å². The summed E-state index contributed by atoms with van der Waals surface area (Å²) in [5.41, 5.74) is 0.689. The largest absolute Gasteiger partial charge is 0.480 e. The van der Waals surface area contributed by atoms with Crippen LogP contribution in [0.3, 0.4) is 0 Å². The SMILES string of the molecule is O=C(O)C(Cc1ccc([N+](=O)[O-])cc1)NCc1ccco1. The first-order chi connectivity index (χ1) is 10.1. The molecule has 0 fully saturated rings. The average molecular weight is 290 g/mol. The first-order valence-corrected chi connectivity index (χ1v) is 6.28. The van der Waals surface area contributed by atoms with Gasteiger partial charge in [0.05, 0.1) is 17.7 Å². The molecular formula is C14H14N2O5. The molecule has 2 N–H and O–H groups in total. The van der Waals surface area contributed by atoms with E-state index in [0.29, 0.717) is 17.9 Å². The van der Waals surface area contributed by atoms with E-state index in [2.05, 4.69) is 5.32 Å². The molecule has 1 atom stereocenters. The summed E-state index contributed by atoms with van der Waals surface area (Å²) < 4.78 is 5.13. The van der Waals surface area contributed by atoms with Crippen LogP contribution in [0, 0.1) is 10.1 Å². The van der Waals surface area contributed by atoms with Crippen molar-refractivity contribution in [1.29, 1.82) is 0 Å². The fourth-order valence-electron chi connectivity index (χ4n) is 1.87. The number of aliphatic carboxylic acids is 1. The van der Waals surface area contributed by atoms with E-state index in [0.717, 1.165) is 0 Å². The molecule has 110 valence electrons. The number of carboxylic acids is 1. The van der Waals surface area contributed by atoms with Gasteiger partial charge in [0.15, 0.2) is 0 Å². The zero-order chi connectivity index (χ0) is 15.2. The van der Waals surface area contributed by atoms with E-state index in [-0.39, 0.29) is 12.1 Å². The number of benzene rings is 1. The van der Waals surface area contributed by atoms with Crippen molar-refractivity contribution >= 4 is 11.7 Å². The van der Waals surface area contributed by atoms with E-state index in [4.69, 9.17) is 4.42 Å². The first kappa shape index (κ1) is 14.7. The Labute approximate surface area is 120 Å². The topological polar surface area (TPSA) is 106 Å². The van der Waals surface area contributed by atoms with E-state index in [1.807, 2.05) is 0 Å². The minimum atomic E-state index is -0.986. The highest BCUT2D eigenvalue weighted by molar-refractivity contribution is 5.73. The molecule has 0 bridgehead atoms. The lowest BCUT2D eigenvalue weighted by Gasteiger charge is -2.13. The van der Waals surface area contributed by atoms with Gasteiger partial charge in [-0.3, -0.25) is 20.2 Å². The second-order valence-electron chi connectivity index (χ2n) is 4.48. The molecule has 0 spiro atoms. The average Bonchev–Trinajstić information content (AvgIpc) is 2.96. The van der Waals surface area contributed by atoms with Gasteiger partial charge in [-0.25, -0.2) is 0 Å². The van der Waals surface area contributed by atoms with Crippen LogP contribution in [0.1, 0.15) is 11.3 Å². The molecule has 1 aromatic carbocycles. The summed E-state index contributed by atoms with van der Waals surface area (Å²) >= 11 is 0. The maximum atomic E-state index is 11.2. The Balaban J connectivity index is 1.98. The van der Waals surface area contributed by atoms with Crippen LogP contribution in [-0.2, 0) is 17.8 Å². The van der Waals surface area contributed by atoms with Crippen molar-refractivity contribution in [2.24, 2.45) is 0 Å². The van der Waals surface area contributed by atoms with Gasteiger partial charge in [-0.1, -0.05) is 12.1 Å². The number of nitro benzene ring substituents is 1. The van der Waals surface area contributed by atoms with Gasteiger partial charge in [-0.15, -0.1) is 0 Å². The number of nitrogens with one attached hydrogen (secondary N) is 1. The molecule has 2 rings (SSSR count). The Morgan fingerprint density at radius 3 is 2.57 bits per heavy atom. The lowest BCUT2D eigenvalue weighted by Crippen LogP contribution is -2.38. The van der Waals surface area contributed by atoms with E-state index < -0.39 is 16.9 Å². The number of hydrogen-bond acceptors (Lipinski definition) is 5. The third-order valence-corrected chi connectivity index (χ3v) is 2.99. The Bertz CT molecular complexity index is 607. The van der Waals surface area contributed by atoms with Gasteiger partial charge < -0.3 is 9.52 Å².